The Balaban J connectivity index is 2.89. The maximum absolute atomic E-state index is 11.6. The van der Waals surface area contributed by atoms with Crippen LogP contribution in [0.4, 0.5) is 5.69 Å². The molecule has 1 aromatic rings. The second-order valence-corrected chi connectivity index (χ2v) is 3.90. The standard InChI is InChI=1S/C13H19NO4/c1-9-7-12(18-3)10(8-11(9)17-2)14-13(16)5-4-6-15/h7-8,15H,4-6H2,1-3H3,(H,14,16). The summed E-state index contributed by atoms with van der Waals surface area (Å²) in [6.07, 6.45) is 0.715. The third-order valence-corrected chi connectivity index (χ3v) is 2.55. The number of nitrogens with one attached hydrogen (secondary N) is 1. The Morgan fingerprint density at radius 3 is 2.50 bits per heavy atom. The number of carbonyl (C=O) groups excluding carboxylic acids is 1. The summed E-state index contributed by atoms with van der Waals surface area (Å²) < 4.78 is 10.4. The number of anilines is 1. The van der Waals surface area contributed by atoms with Gasteiger partial charge in [0.05, 0.1) is 19.9 Å². The van der Waals surface area contributed by atoms with E-state index in [1.54, 1.807) is 26.4 Å². The number of benzene rings is 1. The van der Waals surface area contributed by atoms with Crippen LogP contribution in [-0.2, 0) is 4.79 Å². The fraction of sp³-hybridized carbons (Fsp3) is 0.462. The lowest BCUT2D eigenvalue weighted by Gasteiger charge is -2.13. The molecule has 0 saturated carbocycles. The van der Waals surface area contributed by atoms with Gasteiger partial charge < -0.3 is 19.9 Å². The van der Waals surface area contributed by atoms with Crippen molar-refractivity contribution < 1.29 is 19.4 Å². The van der Waals surface area contributed by atoms with Crippen molar-refractivity contribution in [2.24, 2.45) is 0 Å². The van der Waals surface area contributed by atoms with Crippen LogP contribution in [0.25, 0.3) is 0 Å². The van der Waals surface area contributed by atoms with Crippen LogP contribution in [0.1, 0.15) is 18.4 Å². The van der Waals surface area contributed by atoms with Crippen LogP contribution in [0, 0.1) is 6.92 Å². The van der Waals surface area contributed by atoms with Gasteiger partial charge >= 0.3 is 0 Å². The number of carbonyl (C=O) groups is 1. The van der Waals surface area contributed by atoms with Gasteiger partial charge in [0.15, 0.2) is 0 Å². The van der Waals surface area contributed by atoms with E-state index >= 15 is 0 Å². The summed E-state index contributed by atoms with van der Waals surface area (Å²) in [5, 5.41) is 11.4. The zero-order valence-corrected chi connectivity index (χ0v) is 10.9. The molecular weight excluding hydrogens is 234 g/mol. The zero-order chi connectivity index (χ0) is 13.5. The van der Waals surface area contributed by atoms with Crippen molar-refractivity contribution in [2.45, 2.75) is 19.8 Å². The number of methoxy groups -OCH3 is 2. The van der Waals surface area contributed by atoms with Gasteiger partial charge in [-0.2, -0.15) is 0 Å². The second kappa shape index (κ2) is 6.86. The first-order valence-corrected chi connectivity index (χ1v) is 5.75. The number of ether oxygens (including phenoxy) is 2. The van der Waals surface area contributed by atoms with E-state index in [1.807, 2.05) is 6.92 Å². The molecule has 1 aromatic carbocycles. The molecule has 0 aromatic heterocycles. The van der Waals surface area contributed by atoms with E-state index in [0.717, 1.165) is 5.56 Å². The SMILES string of the molecule is COc1cc(NC(=O)CCCO)c(OC)cc1C. The minimum absolute atomic E-state index is 0.00176. The van der Waals surface area contributed by atoms with Gasteiger partial charge in [-0.05, 0) is 25.0 Å². The molecule has 0 spiro atoms. The van der Waals surface area contributed by atoms with Gasteiger partial charge in [-0.25, -0.2) is 0 Å². The third kappa shape index (κ3) is 3.63. The summed E-state index contributed by atoms with van der Waals surface area (Å²) >= 11 is 0. The van der Waals surface area contributed by atoms with E-state index in [4.69, 9.17) is 14.6 Å². The summed E-state index contributed by atoms with van der Waals surface area (Å²) in [5.74, 6) is 1.12. The molecule has 0 bridgehead atoms. The Morgan fingerprint density at radius 1 is 1.28 bits per heavy atom. The average Bonchev–Trinajstić information content (AvgIpc) is 2.37. The monoisotopic (exact) mass is 253 g/mol. The topological polar surface area (TPSA) is 67.8 Å². The Kier molecular flexibility index (Phi) is 5.45. The molecular formula is C13H19NO4. The number of rotatable bonds is 6. The van der Waals surface area contributed by atoms with Gasteiger partial charge in [-0.1, -0.05) is 0 Å². The third-order valence-electron chi connectivity index (χ3n) is 2.55. The molecule has 0 heterocycles. The highest BCUT2D eigenvalue weighted by molar-refractivity contribution is 5.92. The summed E-state index contributed by atoms with van der Waals surface area (Å²) in [6.45, 7) is 1.90. The van der Waals surface area contributed by atoms with E-state index in [9.17, 15) is 4.79 Å². The molecule has 0 aliphatic rings. The van der Waals surface area contributed by atoms with Crippen LogP contribution in [-0.4, -0.2) is 31.8 Å². The number of hydrogen-bond acceptors (Lipinski definition) is 4. The molecule has 5 nitrogen and oxygen atoms in total. The molecule has 1 rings (SSSR count). The summed E-state index contributed by atoms with van der Waals surface area (Å²) in [5.41, 5.74) is 1.51. The minimum Gasteiger partial charge on any atom is -0.496 e. The molecule has 0 aliphatic carbocycles. The molecule has 5 heteroatoms. The molecule has 2 N–H and O–H groups in total. The quantitative estimate of drug-likeness (QED) is 0.810. The maximum atomic E-state index is 11.6. The van der Waals surface area contributed by atoms with Crippen LogP contribution < -0.4 is 14.8 Å². The number of aliphatic hydroxyl groups is 1. The predicted octanol–water partition coefficient (Wildman–Crippen LogP) is 1.72. The van der Waals surface area contributed by atoms with Gasteiger partial charge in [-0.15, -0.1) is 0 Å². The van der Waals surface area contributed by atoms with Crippen molar-refractivity contribution in [3.8, 4) is 11.5 Å². The van der Waals surface area contributed by atoms with Crippen LogP contribution in [0.15, 0.2) is 12.1 Å². The molecule has 18 heavy (non-hydrogen) atoms. The molecule has 0 aliphatic heterocycles. The van der Waals surface area contributed by atoms with Crippen molar-refractivity contribution in [1.29, 1.82) is 0 Å². The first kappa shape index (κ1) is 14.3. The molecule has 0 fully saturated rings. The highest BCUT2D eigenvalue weighted by Gasteiger charge is 2.11. The fourth-order valence-electron chi connectivity index (χ4n) is 1.60. The first-order valence-electron chi connectivity index (χ1n) is 5.75. The predicted molar refractivity (Wildman–Crippen MR) is 69.2 cm³/mol. The van der Waals surface area contributed by atoms with Crippen molar-refractivity contribution in [2.75, 3.05) is 26.1 Å². The Morgan fingerprint density at radius 2 is 1.94 bits per heavy atom. The van der Waals surface area contributed by atoms with Crippen molar-refractivity contribution in [3.63, 3.8) is 0 Å². The van der Waals surface area contributed by atoms with Crippen LogP contribution in [0.5, 0.6) is 11.5 Å². The minimum atomic E-state index is -0.159. The largest absolute Gasteiger partial charge is 0.496 e. The first-order chi connectivity index (χ1) is 8.62. The van der Waals surface area contributed by atoms with Crippen molar-refractivity contribution in [3.05, 3.63) is 17.7 Å². The summed E-state index contributed by atoms with van der Waals surface area (Å²) in [6, 6.07) is 3.53. The number of aryl methyl sites for hydroxylation is 1. The fourth-order valence-corrected chi connectivity index (χ4v) is 1.60. The van der Waals surface area contributed by atoms with Gasteiger partial charge in [0.2, 0.25) is 5.91 Å². The van der Waals surface area contributed by atoms with Gasteiger partial charge in [0.25, 0.3) is 0 Å². The van der Waals surface area contributed by atoms with Crippen LogP contribution >= 0.6 is 0 Å². The summed E-state index contributed by atoms with van der Waals surface area (Å²) in [4.78, 5) is 11.6. The average molecular weight is 253 g/mol. The lowest BCUT2D eigenvalue weighted by Crippen LogP contribution is -2.12. The van der Waals surface area contributed by atoms with Gasteiger partial charge in [0.1, 0.15) is 11.5 Å². The van der Waals surface area contributed by atoms with Crippen molar-refractivity contribution >= 4 is 11.6 Å². The van der Waals surface area contributed by atoms with E-state index in [-0.39, 0.29) is 18.9 Å². The van der Waals surface area contributed by atoms with E-state index in [1.165, 1.54) is 0 Å². The zero-order valence-electron chi connectivity index (χ0n) is 10.9. The molecule has 1 amide bonds. The number of hydrogen-bond donors (Lipinski definition) is 2. The van der Waals surface area contributed by atoms with Gasteiger partial charge in [-0.3, -0.25) is 4.79 Å². The Hall–Kier alpha value is -1.75. The van der Waals surface area contributed by atoms with Gasteiger partial charge in [0, 0.05) is 19.1 Å². The van der Waals surface area contributed by atoms with E-state index < -0.39 is 0 Å². The molecule has 0 unspecified atom stereocenters. The molecule has 100 valence electrons. The normalized spacial score (nSPS) is 10.0. The Bertz CT molecular complexity index is 418. The summed E-state index contributed by atoms with van der Waals surface area (Å²) in [7, 11) is 3.12. The van der Waals surface area contributed by atoms with Crippen LogP contribution in [0.3, 0.4) is 0 Å². The van der Waals surface area contributed by atoms with Crippen molar-refractivity contribution in [1.82, 2.24) is 0 Å². The number of aliphatic hydroxyl groups excluding tert-OH is 1. The lowest BCUT2D eigenvalue weighted by atomic mass is 10.1. The van der Waals surface area contributed by atoms with E-state index in [0.29, 0.717) is 23.6 Å². The van der Waals surface area contributed by atoms with E-state index in [2.05, 4.69) is 5.32 Å². The maximum Gasteiger partial charge on any atom is 0.224 e. The Labute approximate surface area is 107 Å². The van der Waals surface area contributed by atoms with Crippen LogP contribution in [0.2, 0.25) is 0 Å². The molecule has 0 radical (unpaired) electrons. The molecule has 0 atom stereocenters. The smallest absolute Gasteiger partial charge is 0.224 e. The number of amides is 1. The highest BCUT2D eigenvalue weighted by atomic mass is 16.5. The lowest BCUT2D eigenvalue weighted by molar-refractivity contribution is -0.116. The molecule has 0 saturated heterocycles. The second-order valence-electron chi connectivity index (χ2n) is 3.90. The highest BCUT2D eigenvalue weighted by Crippen LogP contribution is 2.32.